The number of amides is 1. The summed E-state index contributed by atoms with van der Waals surface area (Å²) < 4.78 is 10.6. The van der Waals surface area contributed by atoms with E-state index in [1.807, 2.05) is 48.5 Å². The minimum Gasteiger partial charge on any atom is -0.497 e. The maximum atomic E-state index is 12.2. The van der Waals surface area contributed by atoms with Crippen molar-refractivity contribution in [3.05, 3.63) is 59.7 Å². The van der Waals surface area contributed by atoms with E-state index in [1.54, 1.807) is 21.1 Å². The van der Waals surface area contributed by atoms with Crippen LogP contribution in [0.2, 0.25) is 0 Å². The molecular weight excluding hydrogens is 306 g/mol. The zero-order valence-corrected chi connectivity index (χ0v) is 14.2. The molecule has 1 amide bonds. The number of hydrogen-bond donors (Lipinski definition) is 2. The Balaban J connectivity index is 2.42. The van der Waals surface area contributed by atoms with E-state index < -0.39 is 18.1 Å². The van der Waals surface area contributed by atoms with Crippen LogP contribution in [0.3, 0.4) is 0 Å². The molecule has 2 aromatic carbocycles. The highest BCUT2D eigenvalue weighted by molar-refractivity contribution is 5.81. The van der Waals surface area contributed by atoms with E-state index >= 15 is 0 Å². The first kappa shape index (κ1) is 17.8. The summed E-state index contributed by atoms with van der Waals surface area (Å²) in [4.78, 5) is 12.2. The fourth-order valence-electron chi connectivity index (χ4n) is 2.47. The van der Waals surface area contributed by atoms with Crippen molar-refractivity contribution in [2.45, 2.75) is 25.5 Å². The maximum Gasteiger partial charge on any atom is 0.249 e. The van der Waals surface area contributed by atoms with E-state index in [0.717, 1.165) is 16.9 Å². The van der Waals surface area contributed by atoms with Gasteiger partial charge in [-0.2, -0.15) is 0 Å². The predicted molar refractivity (Wildman–Crippen MR) is 92.3 cm³/mol. The van der Waals surface area contributed by atoms with Gasteiger partial charge < -0.3 is 19.9 Å². The summed E-state index contributed by atoms with van der Waals surface area (Å²) in [5.41, 5.74) is 1.69. The van der Waals surface area contributed by atoms with Crippen LogP contribution >= 0.6 is 0 Å². The number of para-hydroxylation sites is 1. The number of rotatable bonds is 7. The van der Waals surface area contributed by atoms with Gasteiger partial charge >= 0.3 is 0 Å². The van der Waals surface area contributed by atoms with Gasteiger partial charge in [0.2, 0.25) is 5.91 Å². The highest BCUT2D eigenvalue weighted by atomic mass is 16.5. The number of ether oxygens (including phenoxy) is 2. The summed E-state index contributed by atoms with van der Waals surface area (Å²) in [6.45, 7) is 1.76. The highest BCUT2D eigenvalue weighted by Gasteiger charge is 2.23. The van der Waals surface area contributed by atoms with Gasteiger partial charge in [0.05, 0.1) is 20.3 Å². The first-order chi connectivity index (χ1) is 11.6. The smallest absolute Gasteiger partial charge is 0.249 e. The molecule has 5 nitrogen and oxygen atoms in total. The topological polar surface area (TPSA) is 67.8 Å². The number of aliphatic hydroxyl groups excluding tert-OH is 1. The van der Waals surface area contributed by atoms with E-state index in [2.05, 4.69) is 5.32 Å². The predicted octanol–water partition coefficient (Wildman–Crippen LogP) is 2.68. The van der Waals surface area contributed by atoms with Crippen molar-refractivity contribution in [3.63, 3.8) is 0 Å². The van der Waals surface area contributed by atoms with Crippen molar-refractivity contribution < 1.29 is 19.4 Å². The van der Waals surface area contributed by atoms with Crippen molar-refractivity contribution in [2.75, 3.05) is 14.2 Å². The van der Waals surface area contributed by atoms with Gasteiger partial charge in [-0.05, 0) is 30.2 Å². The molecule has 0 unspecified atom stereocenters. The Kier molecular flexibility index (Phi) is 6.21. The van der Waals surface area contributed by atoms with Gasteiger partial charge in [0.25, 0.3) is 0 Å². The van der Waals surface area contributed by atoms with Gasteiger partial charge in [-0.1, -0.05) is 37.3 Å². The van der Waals surface area contributed by atoms with Crippen molar-refractivity contribution >= 4 is 5.91 Å². The third kappa shape index (κ3) is 4.06. The van der Waals surface area contributed by atoms with Crippen LogP contribution in [-0.4, -0.2) is 31.3 Å². The molecule has 5 heteroatoms. The summed E-state index contributed by atoms with van der Waals surface area (Å²) in [5, 5.41) is 12.7. The van der Waals surface area contributed by atoms with Crippen LogP contribution in [0.25, 0.3) is 0 Å². The van der Waals surface area contributed by atoms with Crippen LogP contribution < -0.4 is 14.8 Å². The Labute approximate surface area is 142 Å². The molecular formula is C19H23NO4. The molecule has 2 atom stereocenters. The van der Waals surface area contributed by atoms with E-state index in [0.29, 0.717) is 12.2 Å². The molecule has 0 aliphatic heterocycles. The van der Waals surface area contributed by atoms with Gasteiger partial charge in [0, 0.05) is 5.56 Å². The number of hydrogen-bond acceptors (Lipinski definition) is 4. The Morgan fingerprint density at radius 1 is 1.08 bits per heavy atom. The Bertz CT molecular complexity index is 669. The molecule has 2 aromatic rings. The van der Waals surface area contributed by atoms with Crippen molar-refractivity contribution in [1.29, 1.82) is 0 Å². The van der Waals surface area contributed by atoms with Crippen molar-refractivity contribution in [2.24, 2.45) is 0 Å². The van der Waals surface area contributed by atoms with Crippen LogP contribution in [0.1, 0.15) is 30.5 Å². The third-order valence-electron chi connectivity index (χ3n) is 3.88. The monoisotopic (exact) mass is 329 g/mol. The lowest BCUT2D eigenvalue weighted by Crippen LogP contribution is -2.37. The van der Waals surface area contributed by atoms with Crippen LogP contribution in [0, 0.1) is 0 Å². The lowest BCUT2D eigenvalue weighted by atomic mass is 9.97. The van der Waals surface area contributed by atoms with Crippen LogP contribution in [-0.2, 0) is 4.79 Å². The average molecular weight is 329 g/mol. The zero-order valence-electron chi connectivity index (χ0n) is 14.2. The SMILES string of the molecule is CC[C@@H](O)C(=O)N[C@H](c1ccc(OC)cc1)c1ccccc1OC. The zero-order chi connectivity index (χ0) is 17.5. The highest BCUT2D eigenvalue weighted by Crippen LogP contribution is 2.31. The molecule has 0 aromatic heterocycles. The first-order valence-electron chi connectivity index (χ1n) is 7.86. The minimum atomic E-state index is -1.04. The van der Waals surface area contributed by atoms with Crippen molar-refractivity contribution in [3.8, 4) is 11.5 Å². The van der Waals surface area contributed by atoms with Gasteiger partial charge in [-0.25, -0.2) is 0 Å². The molecule has 0 fully saturated rings. The largest absolute Gasteiger partial charge is 0.497 e. The van der Waals surface area contributed by atoms with Gasteiger partial charge in [0.15, 0.2) is 0 Å². The fraction of sp³-hybridized carbons (Fsp3) is 0.316. The second-order valence-electron chi connectivity index (χ2n) is 5.38. The molecule has 0 radical (unpaired) electrons. The molecule has 2 N–H and O–H groups in total. The molecule has 0 aliphatic carbocycles. The molecule has 128 valence electrons. The first-order valence-corrected chi connectivity index (χ1v) is 7.86. The molecule has 0 aliphatic rings. The second kappa shape index (κ2) is 8.36. The third-order valence-corrected chi connectivity index (χ3v) is 3.88. The molecule has 0 saturated carbocycles. The van der Waals surface area contributed by atoms with Crippen LogP contribution in [0.15, 0.2) is 48.5 Å². The van der Waals surface area contributed by atoms with E-state index in [-0.39, 0.29) is 0 Å². The second-order valence-corrected chi connectivity index (χ2v) is 5.38. The quantitative estimate of drug-likeness (QED) is 0.819. The lowest BCUT2D eigenvalue weighted by Gasteiger charge is -2.23. The number of nitrogens with one attached hydrogen (secondary N) is 1. The van der Waals surface area contributed by atoms with Gasteiger partial charge in [-0.15, -0.1) is 0 Å². The van der Waals surface area contributed by atoms with Gasteiger partial charge in [-0.3, -0.25) is 4.79 Å². The maximum absolute atomic E-state index is 12.2. The fourth-order valence-corrected chi connectivity index (χ4v) is 2.47. The Morgan fingerprint density at radius 3 is 2.33 bits per heavy atom. The minimum absolute atomic E-state index is 0.354. The van der Waals surface area contributed by atoms with Crippen molar-refractivity contribution in [1.82, 2.24) is 5.32 Å². The molecule has 0 spiro atoms. The normalized spacial score (nSPS) is 13.0. The number of benzene rings is 2. The standard InChI is InChI=1S/C19H23NO4/c1-4-16(21)19(22)20-18(13-9-11-14(23-2)12-10-13)15-7-5-6-8-17(15)24-3/h5-12,16,18,21H,4H2,1-3H3,(H,20,22)/t16-,18-/m1/s1. The lowest BCUT2D eigenvalue weighted by molar-refractivity contribution is -0.129. The number of carbonyl (C=O) groups excluding carboxylic acids is 1. The van der Waals surface area contributed by atoms with E-state index in [1.165, 1.54) is 0 Å². The number of methoxy groups -OCH3 is 2. The summed E-state index contributed by atoms with van der Waals surface area (Å²) in [5.74, 6) is 0.992. The number of carbonyl (C=O) groups is 1. The summed E-state index contributed by atoms with van der Waals surface area (Å²) in [7, 11) is 3.19. The van der Waals surface area contributed by atoms with E-state index in [4.69, 9.17) is 9.47 Å². The van der Waals surface area contributed by atoms with E-state index in [9.17, 15) is 9.90 Å². The summed E-state index contributed by atoms with van der Waals surface area (Å²) in [6.07, 6.45) is -0.687. The molecule has 24 heavy (non-hydrogen) atoms. The molecule has 0 saturated heterocycles. The Morgan fingerprint density at radius 2 is 1.75 bits per heavy atom. The van der Waals surface area contributed by atoms with Gasteiger partial charge in [0.1, 0.15) is 17.6 Å². The van der Waals surface area contributed by atoms with Crippen LogP contribution in [0.5, 0.6) is 11.5 Å². The molecule has 0 heterocycles. The average Bonchev–Trinajstić information content (AvgIpc) is 2.65. The Hall–Kier alpha value is -2.53. The summed E-state index contributed by atoms with van der Waals surface area (Å²) >= 11 is 0. The summed E-state index contributed by atoms with van der Waals surface area (Å²) in [6, 6.07) is 14.5. The molecule has 2 rings (SSSR count). The van der Waals surface area contributed by atoms with Crippen LogP contribution in [0.4, 0.5) is 0 Å². The number of aliphatic hydroxyl groups is 1. The molecule has 0 bridgehead atoms.